The zero-order valence-corrected chi connectivity index (χ0v) is 9.57. The third kappa shape index (κ3) is 2.50. The third-order valence-corrected chi connectivity index (χ3v) is 3.22. The number of nitrogens with one attached hydrogen (secondary N) is 1. The molecule has 0 bridgehead atoms. The third-order valence-electron chi connectivity index (χ3n) is 2.21. The Morgan fingerprint density at radius 2 is 2.33 bits per heavy atom. The molecule has 1 unspecified atom stereocenters. The van der Waals surface area contributed by atoms with Gasteiger partial charge in [-0.1, -0.05) is 18.7 Å². The van der Waals surface area contributed by atoms with Gasteiger partial charge < -0.3 is 5.32 Å². The maximum absolute atomic E-state index is 13.0. The van der Waals surface area contributed by atoms with Crippen LogP contribution in [0.15, 0.2) is 23.2 Å². The van der Waals surface area contributed by atoms with E-state index in [0.717, 1.165) is 17.4 Å². The highest BCUT2D eigenvalue weighted by atomic mass is 32.2. The topological polar surface area (TPSA) is 24.4 Å². The van der Waals surface area contributed by atoms with Crippen molar-refractivity contribution in [3.63, 3.8) is 0 Å². The van der Waals surface area contributed by atoms with Gasteiger partial charge in [-0.2, -0.15) is 0 Å². The lowest BCUT2D eigenvalue weighted by atomic mass is 10.2. The van der Waals surface area contributed by atoms with E-state index in [4.69, 9.17) is 0 Å². The number of aryl methyl sites for hydroxylation is 1. The molecule has 80 valence electrons. The van der Waals surface area contributed by atoms with E-state index in [-0.39, 0.29) is 5.82 Å². The number of thioether (sulfide) groups is 1. The number of anilines is 1. The lowest BCUT2D eigenvalue weighted by Crippen LogP contribution is -2.06. The first-order valence-corrected chi connectivity index (χ1v) is 5.77. The van der Waals surface area contributed by atoms with Crippen molar-refractivity contribution in [2.75, 3.05) is 11.9 Å². The van der Waals surface area contributed by atoms with E-state index in [1.807, 2.05) is 0 Å². The van der Waals surface area contributed by atoms with Crippen LogP contribution in [0.2, 0.25) is 0 Å². The summed E-state index contributed by atoms with van der Waals surface area (Å²) in [6, 6.07) is 5.00. The van der Waals surface area contributed by atoms with Gasteiger partial charge in [0.1, 0.15) is 5.82 Å². The summed E-state index contributed by atoms with van der Waals surface area (Å²) in [5.74, 6) is -0.171. The van der Waals surface area contributed by atoms with Crippen LogP contribution < -0.4 is 5.32 Å². The van der Waals surface area contributed by atoms with Gasteiger partial charge in [0.25, 0.3) is 0 Å². The second-order valence-electron chi connectivity index (χ2n) is 3.66. The molecule has 1 heterocycles. The van der Waals surface area contributed by atoms with Crippen LogP contribution in [0.25, 0.3) is 0 Å². The van der Waals surface area contributed by atoms with E-state index in [9.17, 15) is 4.39 Å². The van der Waals surface area contributed by atoms with Gasteiger partial charge in [-0.3, -0.25) is 4.99 Å². The summed E-state index contributed by atoms with van der Waals surface area (Å²) in [7, 11) is 0. The van der Waals surface area contributed by atoms with Crippen molar-refractivity contribution in [1.29, 1.82) is 0 Å². The first kappa shape index (κ1) is 10.5. The molecule has 0 radical (unpaired) electrons. The molecule has 1 N–H and O–H groups in total. The summed E-state index contributed by atoms with van der Waals surface area (Å²) >= 11 is 1.72. The summed E-state index contributed by atoms with van der Waals surface area (Å²) in [6.07, 6.45) is 0. The fraction of sp³-hybridized carbons (Fsp3) is 0.364. The second kappa shape index (κ2) is 4.23. The fourth-order valence-corrected chi connectivity index (χ4v) is 2.25. The molecule has 0 spiro atoms. The van der Waals surface area contributed by atoms with Gasteiger partial charge in [-0.05, 0) is 30.7 Å². The van der Waals surface area contributed by atoms with Crippen LogP contribution in [0.5, 0.6) is 0 Å². The molecule has 1 aromatic rings. The molecular weight excluding hydrogens is 211 g/mol. The number of benzene rings is 1. The molecule has 1 aliphatic rings. The lowest BCUT2D eigenvalue weighted by molar-refractivity contribution is 0.619. The molecule has 0 saturated heterocycles. The smallest absolute Gasteiger partial charge is 0.161 e. The van der Waals surface area contributed by atoms with Gasteiger partial charge in [-0.25, -0.2) is 4.39 Å². The molecule has 0 saturated carbocycles. The van der Waals surface area contributed by atoms with Crippen LogP contribution in [0.3, 0.4) is 0 Å². The first-order chi connectivity index (χ1) is 7.15. The molecule has 0 aliphatic carbocycles. The highest BCUT2D eigenvalue weighted by Gasteiger charge is 2.14. The van der Waals surface area contributed by atoms with Crippen molar-refractivity contribution in [3.8, 4) is 0 Å². The van der Waals surface area contributed by atoms with E-state index in [0.29, 0.717) is 10.8 Å². The molecule has 1 aromatic carbocycles. The number of hydrogen-bond acceptors (Lipinski definition) is 3. The maximum atomic E-state index is 13.0. The van der Waals surface area contributed by atoms with Gasteiger partial charge in [0.05, 0.1) is 6.54 Å². The minimum Gasteiger partial charge on any atom is -0.335 e. The highest BCUT2D eigenvalue weighted by Crippen LogP contribution is 2.22. The normalized spacial score (nSPS) is 20.2. The molecule has 2 nitrogen and oxygen atoms in total. The Kier molecular flexibility index (Phi) is 2.95. The van der Waals surface area contributed by atoms with E-state index in [1.165, 1.54) is 6.07 Å². The van der Waals surface area contributed by atoms with E-state index in [1.54, 1.807) is 30.8 Å². The largest absolute Gasteiger partial charge is 0.335 e. The van der Waals surface area contributed by atoms with Gasteiger partial charge in [-0.15, -0.1) is 0 Å². The zero-order valence-electron chi connectivity index (χ0n) is 8.75. The van der Waals surface area contributed by atoms with Gasteiger partial charge in [0.2, 0.25) is 0 Å². The molecule has 1 aliphatic heterocycles. The molecule has 4 heteroatoms. The minimum atomic E-state index is -0.171. The quantitative estimate of drug-likeness (QED) is 0.793. The average molecular weight is 224 g/mol. The maximum Gasteiger partial charge on any atom is 0.161 e. The predicted molar refractivity (Wildman–Crippen MR) is 64.1 cm³/mol. The van der Waals surface area contributed by atoms with Gasteiger partial charge in [0.15, 0.2) is 5.17 Å². The van der Waals surface area contributed by atoms with Crippen molar-refractivity contribution in [2.45, 2.75) is 19.1 Å². The van der Waals surface area contributed by atoms with Gasteiger partial charge in [0, 0.05) is 10.9 Å². The Morgan fingerprint density at radius 1 is 1.53 bits per heavy atom. The van der Waals surface area contributed by atoms with Crippen LogP contribution >= 0.6 is 11.8 Å². The number of aliphatic imine (C=N–C) groups is 1. The average Bonchev–Trinajstić information content (AvgIpc) is 2.58. The zero-order chi connectivity index (χ0) is 10.8. The molecule has 0 fully saturated rings. The number of halogens is 1. The number of rotatable bonds is 1. The Bertz CT molecular complexity index is 404. The van der Waals surface area contributed by atoms with E-state index in [2.05, 4.69) is 17.2 Å². The SMILES string of the molecule is Cc1cc(NC2=NCC(C)S2)ccc1F. The standard InChI is InChI=1S/C11H13FN2S/c1-7-5-9(3-4-10(7)12)14-11-13-6-8(2)15-11/h3-5,8H,6H2,1-2H3,(H,13,14). The summed E-state index contributed by atoms with van der Waals surface area (Å²) in [5, 5.41) is 4.65. The Hall–Kier alpha value is -1.03. The van der Waals surface area contributed by atoms with Crippen LogP contribution in [0, 0.1) is 12.7 Å². The number of hydrogen-bond donors (Lipinski definition) is 1. The Morgan fingerprint density at radius 3 is 2.93 bits per heavy atom. The van der Waals surface area contributed by atoms with Crippen molar-refractivity contribution in [2.24, 2.45) is 4.99 Å². The minimum absolute atomic E-state index is 0.171. The molecular formula is C11H13FN2S. The van der Waals surface area contributed by atoms with Crippen molar-refractivity contribution in [3.05, 3.63) is 29.6 Å². The summed E-state index contributed by atoms with van der Waals surface area (Å²) < 4.78 is 13.0. The summed E-state index contributed by atoms with van der Waals surface area (Å²) in [4.78, 5) is 4.34. The lowest BCUT2D eigenvalue weighted by Gasteiger charge is -2.07. The Labute approximate surface area is 93.0 Å². The van der Waals surface area contributed by atoms with Gasteiger partial charge >= 0.3 is 0 Å². The van der Waals surface area contributed by atoms with E-state index >= 15 is 0 Å². The molecule has 1 atom stereocenters. The van der Waals surface area contributed by atoms with Crippen molar-refractivity contribution >= 4 is 22.6 Å². The first-order valence-electron chi connectivity index (χ1n) is 4.89. The van der Waals surface area contributed by atoms with E-state index < -0.39 is 0 Å². The molecule has 0 amide bonds. The molecule has 2 rings (SSSR count). The van der Waals surface area contributed by atoms with Crippen molar-refractivity contribution < 1.29 is 4.39 Å². The number of amidine groups is 1. The monoisotopic (exact) mass is 224 g/mol. The van der Waals surface area contributed by atoms with Crippen LogP contribution in [0.4, 0.5) is 10.1 Å². The predicted octanol–water partition coefficient (Wildman–Crippen LogP) is 3.04. The van der Waals surface area contributed by atoms with Crippen LogP contribution in [-0.4, -0.2) is 17.0 Å². The molecule has 0 aromatic heterocycles. The van der Waals surface area contributed by atoms with Crippen molar-refractivity contribution in [1.82, 2.24) is 0 Å². The fourth-order valence-electron chi connectivity index (χ4n) is 1.39. The van der Waals surface area contributed by atoms with Crippen LogP contribution in [0.1, 0.15) is 12.5 Å². The summed E-state index contributed by atoms with van der Waals surface area (Å²) in [6.45, 7) is 4.75. The van der Waals surface area contributed by atoms with Crippen LogP contribution in [-0.2, 0) is 0 Å². The summed E-state index contributed by atoms with van der Waals surface area (Å²) in [5.41, 5.74) is 1.55. The Balaban J connectivity index is 2.08. The highest BCUT2D eigenvalue weighted by molar-refractivity contribution is 8.15. The second-order valence-corrected chi connectivity index (χ2v) is 5.09. The molecule has 15 heavy (non-hydrogen) atoms. The number of nitrogens with zero attached hydrogens (tertiary/aromatic N) is 1.